The highest BCUT2D eigenvalue weighted by atomic mass is 16.7. The molecule has 120 valence electrons. The molecule has 0 aliphatic carbocycles. The fraction of sp³-hybridized carbons (Fsp3) is 0.231. The second-order valence-electron chi connectivity index (χ2n) is 5.04. The Bertz CT molecular complexity index is 731. The Hall–Kier alpha value is -2.66. The van der Waals surface area contributed by atoms with Gasteiger partial charge in [-0.05, 0) is 12.1 Å². The molecule has 2 aliphatic heterocycles. The van der Waals surface area contributed by atoms with Crippen molar-refractivity contribution in [1.82, 2.24) is 4.90 Å². The van der Waals surface area contributed by atoms with Gasteiger partial charge in [0.05, 0.1) is 11.1 Å². The van der Waals surface area contributed by atoms with Gasteiger partial charge >= 0.3 is 17.7 Å². The number of aliphatic hydroxyl groups is 4. The maximum absolute atomic E-state index is 12.3. The molecule has 2 heterocycles. The number of fused-ring (bicyclic) bond motifs is 1. The van der Waals surface area contributed by atoms with Crippen molar-refractivity contribution in [3.63, 3.8) is 0 Å². The quantitative estimate of drug-likeness (QED) is 0.184. The number of nitrogens with zero attached hydrogens (tertiary/aromatic N) is 1. The maximum atomic E-state index is 12.3. The van der Waals surface area contributed by atoms with Gasteiger partial charge in [-0.1, -0.05) is 12.1 Å². The van der Waals surface area contributed by atoms with Crippen molar-refractivity contribution >= 4 is 23.8 Å². The van der Waals surface area contributed by atoms with Crippen LogP contribution in [0, 0.1) is 0 Å². The SMILES string of the molecule is O=C1OC(=O)C(O)(O)C(O)(O)C1N1C(=O)c2ccccc2C1=O. The first-order valence-electron chi connectivity index (χ1n) is 6.23. The van der Waals surface area contributed by atoms with E-state index in [2.05, 4.69) is 4.74 Å². The van der Waals surface area contributed by atoms with Crippen LogP contribution in [-0.4, -0.2) is 66.7 Å². The summed E-state index contributed by atoms with van der Waals surface area (Å²) >= 11 is 0. The van der Waals surface area contributed by atoms with Crippen LogP contribution < -0.4 is 0 Å². The number of hydrogen-bond donors (Lipinski definition) is 4. The van der Waals surface area contributed by atoms with Crippen LogP contribution in [0.4, 0.5) is 0 Å². The van der Waals surface area contributed by atoms with Crippen LogP contribution in [0.5, 0.6) is 0 Å². The summed E-state index contributed by atoms with van der Waals surface area (Å²) in [4.78, 5) is 47.7. The first-order valence-corrected chi connectivity index (χ1v) is 6.23. The minimum atomic E-state index is -3.92. The van der Waals surface area contributed by atoms with Crippen LogP contribution >= 0.6 is 0 Å². The minimum Gasteiger partial charge on any atom is -0.387 e. The van der Waals surface area contributed by atoms with E-state index in [-0.39, 0.29) is 16.0 Å². The summed E-state index contributed by atoms with van der Waals surface area (Å²) < 4.78 is 4.01. The Labute approximate surface area is 127 Å². The summed E-state index contributed by atoms with van der Waals surface area (Å²) in [5.41, 5.74) is -0.251. The molecule has 1 saturated heterocycles. The number of carbonyl (C=O) groups excluding carboxylic acids is 4. The lowest BCUT2D eigenvalue weighted by Crippen LogP contribution is -2.75. The lowest BCUT2D eigenvalue weighted by atomic mass is 9.93. The molecule has 2 amide bonds. The van der Waals surface area contributed by atoms with Gasteiger partial charge < -0.3 is 25.2 Å². The summed E-state index contributed by atoms with van der Waals surface area (Å²) in [5.74, 6) is -13.7. The standard InChI is InChI=1S/C13H9NO9/c15-8-5-3-1-2-4-6(5)9(16)14(8)7-10(17)23-11(18)13(21,22)12(7,19)20/h1-4,7,19-22H. The molecule has 0 aromatic heterocycles. The number of esters is 2. The molecule has 4 N–H and O–H groups in total. The van der Waals surface area contributed by atoms with Gasteiger partial charge in [0.15, 0.2) is 6.04 Å². The fourth-order valence-electron chi connectivity index (χ4n) is 2.45. The molecule has 1 unspecified atom stereocenters. The van der Waals surface area contributed by atoms with Crippen LogP contribution in [0.3, 0.4) is 0 Å². The van der Waals surface area contributed by atoms with Gasteiger partial charge in [-0.2, -0.15) is 0 Å². The Morgan fingerprint density at radius 1 is 0.913 bits per heavy atom. The molecular formula is C13H9NO9. The number of carbonyl (C=O) groups is 4. The monoisotopic (exact) mass is 323 g/mol. The third-order valence-corrected chi connectivity index (χ3v) is 3.68. The number of imide groups is 1. The van der Waals surface area contributed by atoms with E-state index < -0.39 is 41.4 Å². The predicted octanol–water partition coefficient (Wildman–Crippen LogP) is -2.90. The Balaban J connectivity index is 2.12. The second-order valence-corrected chi connectivity index (χ2v) is 5.04. The summed E-state index contributed by atoms with van der Waals surface area (Å²) in [6.45, 7) is 0. The number of benzene rings is 1. The van der Waals surface area contributed by atoms with E-state index in [4.69, 9.17) is 0 Å². The van der Waals surface area contributed by atoms with Gasteiger partial charge in [-0.25, -0.2) is 9.59 Å². The topological polar surface area (TPSA) is 162 Å². The smallest absolute Gasteiger partial charge is 0.380 e. The van der Waals surface area contributed by atoms with E-state index in [0.717, 1.165) is 0 Å². The van der Waals surface area contributed by atoms with Gasteiger partial charge in [-0.3, -0.25) is 14.5 Å². The van der Waals surface area contributed by atoms with E-state index in [1.54, 1.807) is 0 Å². The average molecular weight is 323 g/mol. The molecule has 2 aliphatic rings. The number of cyclic esters (lactones) is 2. The third kappa shape index (κ3) is 1.77. The molecular weight excluding hydrogens is 314 g/mol. The molecule has 1 aromatic rings. The Morgan fingerprint density at radius 3 is 1.87 bits per heavy atom. The zero-order chi connectivity index (χ0) is 17.2. The molecule has 0 spiro atoms. The lowest BCUT2D eigenvalue weighted by molar-refractivity contribution is -0.365. The van der Waals surface area contributed by atoms with Crippen molar-refractivity contribution in [2.24, 2.45) is 0 Å². The first kappa shape index (κ1) is 15.2. The van der Waals surface area contributed by atoms with E-state index in [1.807, 2.05) is 0 Å². The molecule has 0 saturated carbocycles. The average Bonchev–Trinajstić information content (AvgIpc) is 2.71. The fourth-order valence-corrected chi connectivity index (χ4v) is 2.45. The van der Waals surface area contributed by atoms with Crippen LogP contribution in [0.2, 0.25) is 0 Å². The molecule has 0 bridgehead atoms. The van der Waals surface area contributed by atoms with Gasteiger partial charge in [0.1, 0.15) is 0 Å². The van der Waals surface area contributed by atoms with Crippen LogP contribution in [0.1, 0.15) is 20.7 Å². The highest BCUT2D eigenvalue weighted by molar-refractivity contribution is 6.23. The molecule has 0 radical (unpaired) electrons. The van der Waals surface area contributed by atoms with Crippen LogP contribution in [-0.2, 0) is 14.3 Å². The lowest BCUT2D eigenvalue weighted by Gasteiger charge is -2.42. The van der Waals surface area contributed by atoms with Gasteiger partial charge in [-0.15, -0.1) is 0 Å². The van der Waals surface area contributed by atoms with E-state index >= 15 is 0 Å². The molecule has 10 nitrogen and oxygen atoms in total. The Kier molecular flexibility index (Phi) is 2.93. The minimum absolute atomic E-state index is 0.112. The summed E-state index contributed by atoms with van der Waals surface area (Å²) in [6.07, 6.45) is 0. The zero-order valence-electron chi connectivity index (χ0n) is 11.2. The summed E-state index contributed by atoms with van der Waals surface area (Å²) in [5, 5.41) is 38.7. The number of ether oxygens (including phenoxy) is 1. The highest BCUT2D eigenvalue weighted by Gasteiger charge is 2.70. The summed E-state index contributed by atoms with van der Waals surface area (Å²) in [6, 6.07) is 2.85. The maximum Gasteiger partial charge on any atom is 0.380 e. The second kappa shape index (κ2) is 4.43. The number of hydrogen-bond acceptors (Lipinski definition) is 9. The van der Waals surface area contributed by atoms with Crippen molar-refractivity contribution in [1.29, 1.82) is 0 Å². The Morgan fingerprint density at radius 2 is 1.39 bits per heavy atom. The van der Waals surface area contributed by atoms with Gasteiger partial charge in [0.2, 0.25) is 0 Å². The molecule has 10 heteroatoms. The van der Waals surface area contributed by atoms with E-state index in [9.17, 15) is 39.6 Å². The first-order chi connectivity index (χ1) is 10.6. The normalized spacial score (nSPS) is 25.4. The van der Waals surface area contributed by atoms with Crippen molar-refractivity contribution in [2.75, 3.05) is 0 Å². The molecule has 1 aromatic carbocycles. The van der Waals surface area contributed by atoms with Crippen LogP contribution in [0.15, 0.2) is 24.3 Å². The third-order valence-electron chi connectivity index (χ3n) is 3.68. The van der Waals surface area contributed by atoms with Gasteiger partial charge in [0, 0.05) is 0 Å². The van der Waals surface area contributed by atoms with E-state index in [1.165, 1.54) is 24.3 Å². The van der Waals surface area contributed by atoms with Crippen molar-refractivity contribution in [3.05, 3.63) is 35.4 Å². The predicted molar refractivity (Wildman–Crippen MR) is 66.2 cm³/mol. The molecule has 1 fully saturated rings. The van der Waals surface area contributed by atoms with Crippen molar-refractivity contribution in [3.8, 4) is 0 Å². The van der Waals surface area contributed by atoms with Gasteiger partial charge in [0.25, 0.3) is 17.6 Å². The van der Waals surface area contributed by atoms with E-state index in [0.29, 0.717) is 0 Å². The molecule has 3 rings (SSSR count). The van der Waals surface area contributed by atoms with Crippen molar-refractivity contribution in [2.45, 2.75) is 17.6 Å². The van der Waals surface area contributed by atoms with Crippen molar-refractivity contribution < 1.29 is 44.3 Å². The van der Waals surface area contributed by atoms with Crippen LogP contribution in [0.25, 0.3) is 0 Å². The zero-order valence-corrected chi connectivity index (χ0v) is 11.2. The highest BCUT2D eigenvalue weighted by Crippen LogP contribution is 2.35. The number of rotatable bonds is 1. The molecule has 1 atom stereocenters. The number of amides is 2. The molecule has 23 heavy (non-hydrogen) atoms. The summed E-state index contributed by atoms with van der Waals surface area (Å²) in [7, 11) is 0. The largest absolute Gasteiger partial charge is 0.387 e.